The van der Waals surface area contributed by atoms with Gasteiger partial charge in [-0.1, -0.05) is 17.3 Å². The molecule has 2 aromatic rings. The number of benzene rings is 1. The van der Waals surface area contributed by atoms with Crippen LogP contribution in [-0.4, -0.2) is 54.1 Å². The van der Waals surface area contributed by atoms with Gasteiger partial charge in [-0.05, 0) is 19.1 Å². The van der Waals surface area contributed by atoms with Crippen molar-refractivity contribution in [3.63, 3.8) is 0 Å². The highest BCUT2D eigenvalue weighted by Crippen LogP contribution is 2.20. The topological polar surface area (TPSA) is 140 Å². The normalized spacial score (nSPS) is 15.6. The molecule has 11 heteroatoms. The van der Waals surface area contributed by atoms with E-state index >= 15 is 0 Å². The van der Waals surface area contributed by atoms with Crippen molar-refractivity contribution in [3.8, 4) is 5.75 Å². The lowest BCUT2D eigenvalue weighted by atomic mass is 10.1. The average Bonchev–Trinajstić information content (AvgIpc) is 3.31. The Labute approximate surface area is 171 Å². The molecule has 11 nitrogen and oxygen atoms in total. The standard InChI is InChI=1S/C19H20N4O7/c1-11-7-15(22-30-11)20-16(24)10-29-19(27)12-8-17(25)23(9-12)21-18(26)13-5-3-4-6-14(13)28-2/h3-7,12H,8-10H2,1-2H3,(H,21,26)(H,20,22,24)/t12-/m1/s1. The van der Waals surface area contributed by atoms with E-state index in [1.165, 1.54) is 13.2 Å². The number of carbonyl (C=O) groups excluding carboxylic acids is 4. The number of nitrogens with one attached hydrogen (secondary N) is 2. The van der Waals surface area contributed by atoms with Gasteiger partial charge in [-0.3, -0.25) is 29.6 Å². The molecular formula is C19H20N4O7. The predicted molar refractivity (Wildman–Crippen MR) is 101 cm³/mol. The summed E-state index contributed by atoms with van der Waals surface area (Å²) in [5.74, 6) is -2.04. The first kappa shape index (κ1) is 20.8. The van der Waals surface area contributed by atoms with Crippen LogP contribution in [0.25, 0.3) is 0 Å². The Hall–Kier alpha value is -3.89. The van der Waals surface area contributed by atoms with Gasteiger partial charge in [-0.2, -0.15) is 0 Å². The van der Waals surface area contributed by atoms with Gasteiger partial charge in [-0.25, -0.2) is 0 Å². The lowest BCUT2D eigenvalue weighted by Crippen LogP contribution is -2.43. The number of aryl methyl sites for hydroxylation is 1. The van der Waals surface area contributed by atoms with Crippen LogP contribution < -0.4 is 15.5 Å². The van der Waals surface area contributed by atoms with Crippen molar-refractivity contribution in [1.82, 2.24) is 15.6 Å². The minimum absolute atomic E-state index is 0.0668. The summed E-state index contributed by atoms with van der Waals surface area (Å²) in [6.07, 6.45) is -0.144. The molecule has 0 unspecified atom stereocenters. The quantitative estimate of drug-likeness (QED) is 0.628. The third-order valence-corrected chi connectivity index (χ3v) is 4.29. The monoisotopic (exact) mass is 416 g/mol. The summed E-state index contributed by atoms with van der Waals surface area (Å²) < 4.78 is 14.9. The largest absolute Gasteiger partial charge is 0.496 e. The zero-order valence-electron chi connectivity index (χ0n) is 16.3. The van der Waals surface area contributed by atoms with Gasteiger partial charge in [-0.15, -0.1) is 0 Å². The Morgan fingerprint density at radius 2 is 2.07 bits per heavy atom. The Morgan fingerprint density at radius 1 is 1.30 bits per heavy atom. The third-order valence-electron chi connectivity index (χ3n) is 4.29. The molecule has 1 fully saturated rings. The van der Waals surface area contributed by atoms with Crippen molar-refractivity contribution in [2.45, 2.75) is 13.3 Å². The fourth-order valence-electron chi connectivity index (χ4n) is 2.85. The molecule has 1 aromatic carbocycles. The number of hydrazine groups is 1. The van der Waals surface area contributed by atoms with E-state index in [1.807, 2.05) is 0 Å². The van der Waals surface area contributed by atoms with E-state index in [0.29, 0.717) is 11.5 Å². The molecule has 0 aliphatic carbocycles. The first-order chi connectivity index (χ1) is 14.4. The SMILES string of the molecule is COc1ccccc1C(=O)NN1C[C@H](C(=O)OCC(=O)Nc2cc(C)on2)CC1=O. The number of methoxy groups -OCH3 is 1. The Kier molecular flexibility index (Phi) is 6.30. The van der Waals surface area contributed by atoms with Crippen LogP contribution in [0, 0.1) is 12.8 Å². The summed E-state index contributed by atoms with van der Waals surface area (Å²) in [5, 5.41) is 7.07. The van der Waals surface area contributed by atoms with Crippen LogP contribution in [0.1, 0.15) is 22.5 Å². The van der Waals surface area contributed by atoms with Gasteiger partial charge in [0.25, 0.3) is 11.8 Å². The van der Waals surface area contributed by atoms with Gasteiger partial charge >= 0.3 is 5.97 Å². The van der Waals surface area contributed by atoms with E-state index in [2.05, 4.69) is 15.9 Å². The van der Waals surface area contributed by atoms with Crippen molar-refractivity contribution < 1.29 is 33.2 Å². The summed E-state index contributed by atoms with van der Waals surface area (Å²) in [6.45, 7) is 1.06. The van der Waals surface area contributed by atoms with E-state index in [1.54, 1.807) is 31.2 Å². The lowest BCUT2D eigenvalue weighted by molar-refractivity contribution is -0.151. The highest BCUT2D eigenvalue weighted by atomic mass is 16.5. The summed E-state index contributed by atoms with van der Waals surface area (Å²) >= 11 is 0. The Morgan fingerprint density at radius 3 is 2.77 bits per heavy atom. The second kappa shape index (κ2) is 9.07. The van der Waals surface area contributed by atoms with E-state index in [9.17, 15) is 19.2 Å². The molecule has 0 spiro atoms. The highest BCUT2D eigenvalue weighted by molar-refractivity contribution is 5.98. The summed E-state index contributed by atoms with van der Waals surface area (Å²) in [4.78, 5) is 48.6. The van der Waals surface area contributed by atoms with Crippen molar-refractivity contribution in [2.75, 3.05) is 25.6 Å². The van der Waals surface area contributed by atoms with E-state index in [-0.39, 0.29) is 24.3 Å². The molecule has 1 atom stereocenters. The molecule has 0 bridgehead atoms. The van der Waals surface area contributed by atoms with Gasteiger partial charge < -0.3 is 19.3 Å². The van der Waals surface area contributed by atoms with Crippen LogP contribution in [0.5, 0.6) is 5.75 Å². The van der Waals surface area contributed by atoms with E-state index in [0.717, 1.165) is 5.01 Å². The van der Waals surface area contributed by atoms with Gasteiger partial charge in [0.1, 0.15) is 11.5 Å². The van der Waals surface area contributed by atoms with Crippen molar-refractivity contribution in [3.05, 3.63) is 41.7 Å². The maximum Gasteiger partial charge on any atom is 0.311 e. The molecule has 1 aromatic heterocycles. The molecule has 3 amide bonds. The number of ether oxygens (including phenoxy) is 2. The minimum atomic E-state index is -0.808. The van der Waals surface area contributed by atoms with Crippen LogP contribution in [0.4, 0.5) is 5.82 Å². The van der Waals surface area contributed by atoms with E-state index < -0.39 is 36.2 Å². The predicted octanol–water partition coefficient (Wildman–Crippen LogP) is 0.667. The van der Waals surface area contributed by atoms with Crippen molar-refractivity contribution >= 4 is 29.5 Å². The summed E-state index contributed by atoms with van der Waals surface area (Å²) in [7, 11) is 1.43. The number of aromatic nitrogens is 1. The van der Waals surface area contributed by atoms with Crippen LogP contribution >= 0.6 is 0 Å². The van der Waals surface area contributed by atoms with Gasteiger partial charge in [0.2, 0.25) is 5.91 Å². The second-order valence-electron chi connectivity index (χ2n) is 6.53. The molecule has 30 heavy (non-hydrogen) atoms. The van der Waals surface area contributed by atoms with E-state index in [4.69, 9.17) is 14.0 Å². The number of hydrogen-bond acceptors (Lipinski definition) is 8. The number of para-hydroxylation sites is 1. The summed E-state index contributed by atoms with van der Waals surface area (Å²) in [6, 6.07) is 8.05. The molecule has 0 radical (unpaired) electrons. The maximum absolute atomic E-state index is 12.4. The van der Waals surface area contributed by atoms with Crippen LogP contribution in [-0.2, 0) is 19.1 Å². The number of nitrogens with zero attached hydrogens (tertiary/aromatic N) is 2. The fraction of sp³-hybridized carbons (Fsp3) is 0.316. The number of rotatable bonds is 7. The van der Waals surface area contributed by atoms with Gasteiger partial charge in [0.05, 0.1) is 25.1 Å². The Balaban J connectivity index is 1.50. The Bertz CT molecular complexity index is 971. The minimum Gasteiger partial charge on any atom is -0.496 e. The molecule has 2 heterocycles. The zero-order chi connectivity index (χ0) is 21.7. The summed E-state index contributed by atoms with van der Waals surface area (Å²) in [5.41, 5.74) is 2.71. The molecule has 1 aliphatic heterocycles. The van der Waals surface area contributed by atoms with Crippen molar-refractivity contribution in [2.24, 2.45) is 5.92 Å². The lowest BCUT2D eigenvalue weighted by Gasteiger charge is -2.18. The first-order valence-electron chi connectivity index (χ1n) is 9.01. The molecular weight excluding hydrogens is 396 g/mol. The molecule has 158 valence electrons. The highest BCUT2D eigenvalue weighted by Gasteiger charge is 2.37. The first-order valence-corrected chi connectivity index (χ1v) is 9.01. The zero-order valence-corrected chi connectivity index (χ0v) is 16.3. The van der Waals surface area contributed by atoms with Crippen LogP contribution in [0.2, 0.25) is 0 Å². The number of anilines is 1. The van der Waals surface area contributed by atoms with Crippen molar-refractivity contribution in [1.29, 1.82) is 0 Å². The van der Waals surface area contributed by atoms with Gasteiger partial charge in [0, 0.05) is 12.5 Å². The third kappa shape index (κ3) is 4.93. The van der Waals surface area contributed by atoms with Crippen LogP contribution in [0.3, 0.4) is 0 Å². The number of esters is 1. The molecule has 1 aliphatic rings. The number of hydrogen-bond donors (Lipinski definition) is 2. The number of amides is 3. The van der Waals surface area contributed by atoms with Gasteiger partial charge in [0.15, 0.2) is 12.4 Å². The molecule has 0 saturated carbocycles. The maximum atomic E-state index is 12.4. The second-order valence-corrected chi connectivity index (χ2v) is 6.53. The molecule has 2 N–H and O–H groups in total. The molecule has 3 rings (SSSR count). The number of carbonyl (C=O) groups is 4. The fourth-order valence-corrected chi connectivity index (χ4v) is 2.85. The average molecular weight is 416 g/mol. The smallest absolute Gasteiger partial charge is 0.311 e. The van der Waals surface area contributed by atoms with Crippen LogP contribution in [0.15, 0.2) is 34.9 Å². The molecule has 1 saturated heterocycles.